The lowest BCUT2D eigenvalue weighted by Crippen LogP contribution is -2.55. The summed E-state index contributed by atoms with van der Waals surface area (Å²) in [6, 6.07) is 16.7. The van der Waals surface area contributed by atoms with Gasteiger partial charge in [0.05, 0.1) is 18.0 Å². The molecular formula is C19H22O6S. The minimum Gasteiger partial charge on any atom is -0.485 e. The zero-order valence-electron chi connectivity index (χ0n) is 14.0. The highest BCUT2D eigenvalue weighted by molar-refractivity contribution is 8.00. The summed E-state index contributed by atoms with van der Waals surface area (Å²) in [5, 5.41) is 38.8. The monoisotopic (exact) mass is 378 g/mol. The highest BCUT2D eigenvalue weighted by atomic mass is 32.2. The van der Waals surface area contributed by atoms with E-state index in [0.717, 1.165) is 17.3 Å². The number of para-hydroxylation sites is 2. The third kappa shape index (κ3) is 4.31. The SMILES string of the molecule is OC[C@H]1S[C@@H](Oc2ccccc2OCc2ccccc2)[C@H](O)[C@@H](O)[C@@H]1O. The Morgan fingerprint density at radius 1 is 0.808 bits per heavy atom. The van der Waals surface area contributed by atoms with E-state index in [1.807, 2.05) is 36.4 Å². The highest BCUT2D eigenvalue weighted by Gasteiger charge is 2.44. The van der Waals surface area contributed by atoms with Crippen molar-refractivity contribution in [1.82, 2.24) is 0 Å². The lowest BCUT2D eigenvalue weighted by molar-refractivity contribution is -0.0911. The summed E-state index contributed by atoms with van der Waals surface area (Å²) < 4.78 is 11.7. The summed E-state index contributed by atoms with van der Waals surface area (Å²) in [6.07, 6.45) is -3.90. The maximum absolute atomic E-state index is 10.2. The van der Waals surface area contributed by atoms with Gasteiger partial charge in [0.15, 0.2) is 16.9 Å². The number of thioether (sulfide) groups is 1. The second-order valence-corrected chi connectivity index (χ2v) is 7.38. The first-order valence-electron chi connectivity index (χ1n) is 8.33. The summed E-state index contributed by atoms with van der Waals surface area (Å²) in [5.74, 6) is 0.922. The van der Waals surface area contributed by atoms with Crippen molar-refractivity contribution in [2.75, 3.05) is 6.61 Å². The van der Waals surface area contributed by atoms with Gasteiger partial charge in [-0.2, -0.15) is 0 Å². The van der Waals surface area contributed by atoms with Crippen LogP contribution in [0.5, 0.6) is 11.5 Å². The van der Waals surface area contributed by atoms with Crippen molar-refractivity contribution >= 4 is 11.8 Å². The Morgan fingerprint density at radius 3 is 2.15 bits per heavy atom. The van der Waals surface area contributed by atoms with E-state index in [4.69, 9.17) is 9.47 Å². The quantitative estimate of drug-likeness (QED) is 0.599. The predicted molar refractivity (Wildman–Crippen MR) is 98.1 cm³/mol. The number of benzene rings is 2. The van der Waals surface area contributed by atoms with Crippen LogP contribution < -0.4 is 9.47 Å². The van der Waals surface area contributed by atoms with Crippen LogP contribution in [0.3, 0.4) is 0 Å². The Labute approximate surface area is 156 Å². The average molecular weight is 378 g/mol. The van der Waals surface area contributed by atoms with Crippen LogP contribution in [0, 0.1) is 0 Å². The molecule has 5 atom stereocenters. The van der Waals surface area contributed by atoms with Crippen LogP contribution in [0.1, 0.15) is 5.56 Å². The van der Waals surface area contributed by atoms with E-state index in [0.29, 0.717) is 18.1 Å². The minimum absolute atomic E-state index is 0.332. The first kappa shape index (κ1) is 19.0. The standard InChI is InChI=1S/C19H22O6S/c20-10-15-16(21)17(22)18(23)19(26-15)25-14-9-5-4-8-13(14)24-11-12-6-2-1-3-7-12/h1-9,15-23H,10-11H2/t15-,16-,17+,18-,19-/m1/s1. The molecule has 1 saturated heterocycles. The van der Waals surface area contributed by atoms with Crippen LogP contribution >= 0.6 is 11.8 Å². The van der Waals surface area contributed by atoms with Crippen molar-refractivity contribution in [2.24, 2.45) is 0 Å². The fourth-order valence-corrected chi connectivity index (χ4v) is 3.93. The zero-order valence-corrected chi connectivity index (χ0v) is 14.8. The molecule has 0 unspecified atom stereocenters. The Balaban J connectivity index is 1.71. The second-order valence-electron chi connectivity index (χ2n) is 6.04. The predicted octanol–water partition coefficient (Wildman–Crippen LogP) is 1.16. The number of aliphatic hydroxyl groups is 4. The fraction of sp³-hybridized carbons (Fsp3) is 0.368. The number of hydrogen-bond donors (Lipinski definition) is 4. The maximum Gasteiger partial charge on any atom is 0.173 e. The minimum atomic E-state index is -1.39. The summed E-state index contributed by atoms with van der Waals surface area (Å²) in [4.78, 5) is 0. The zero-order chi connectivity index (χ0) is 18.5. The number of rotatable bonds is 6. The molecule has 140 valence electrons. The molecule has 0 bridgehead atoms. The van der Waals surface area contributed by atoms with Gasteiger partial charge < -0.3 is 29.9 Å². The largest absolute Gasteiger partial charge is 0.485 e. The molecular weight excluding hydrogens is 356 g/mol. The topological polar surface area (TPSA) is 99.4 Å². The van der Waals surface area contributed by atoms with Crippen molar-refractivity contribution in [3.63, 3.8) is 0 Å². The number of aliphatic hydroxyl groups excluding tert-OH is 4. The summed E-state index contributed by atoms with van der Waals surface area (Å²) in [7, 11) is 0. The Morgan fingerprint density at radius 2 is 1.46 bits per heavy atom. The molecule has 0 aromatic heterocycles. The third-order valence-electron chi connectivity index (χ3n) is 4.18. The molecule has 0 spiro atoms. The van der Waals surface area contributed by atoms with Gasteiger partial charge >= 0.3 is 0 Å². The van der Waals surface area contributed by atoms with Crippen molar-refractivity contribution in [3.05, 3.63) is 60.2 Å². The first-order chi connectivity index (χ1) is 12.6. The van der Waals surface area contributed by atoms with Crippen LogP contribution in [-0.2, 0) is 6.61 Å². The third-order valence-corrected chi connectivity index (χ3v) is 5.60. The molecule has 4 N–H and O–H groups in total. The van der Waals surface area contributed by atoms with E-state index in [-0.39, 0.29) is 6.61 Å². The molecule has 26 heavy (non-hydrogen) atoms. The molecule has 1 aliphatic heterocycles. The van der Waals surface area contributed by atoms with Crippen LogP contribution in [0.15, 0.2) is 54.6 Å². The van der Waals surface area contributed by atoms with E-state index in [9.17, 15) is 20.4 Å². The molecule has 0 aliphatic carbocycles. The summed E-state index contributed by atoms with van der Waals surface area (Å²) in [5.41, 5.74) is 0.167. The lowest BCUT2D eigenvalue weighted by Gasteiger charge is -2.39. The van der Waals surface area contributed by atoms with Crippen molar-refractivity contribution in [1.29, 1.82) is 0 Å². The molecule has 3 rings (SSSR count). The van der Waals surface area contributed by atoms with Gasteiger partial charge in [0.1, 0.15) is 18.8 Å². The van der Waals surface area contributed by atoms with Gasteiger partial charge in [-0.1, -0.05) is 42.5 Å². The second kappa shape index (κ2) is 8.75. The molecule has 0 radical (unpaired) electrons. The molecule has 1 fully saturated rings. The van der Waals surface area contributed by atoms with Gasteiger partial charge in [-0.25, -0.2) is 0 Å². The van der Waals surface area contributed by atoms with Crippen molar-refractivity contribution in [3.8, 4) is 11.5 Å². The van der Waals surface area contributed by atoms with E-state index >= 15 is 0 Å². The summed E-state index contributed by atoms with van der Waals surface area (Å²) >= 11 is 1.08. The molecule has 0 amide bonds. The molecule has 1 heterocycles. The van der Waals surface area contributed by atoms with Crippen LogP contribution in [0.25, 0.3) is 0 Å². The Hall–Kier alpha value is -1.77. The molecule has 0 saturated carbocycles. The van der Waals surface area contributed by atoms with Gasteiger partial charge in [-0.3, -0.25) is 0 Å². The van der Waals surface area contributed by atoms with E-state index in [2.05, 4.69) is 0 Å². The molecule has 6 nitrogen and oxygen atoms in total. The summed E-state index contributed by atoms with van der Waals surface area (Å²) in [6.45, 7) is 0.0316. The lowest BCUT2D eigenvalue weighted by atomic mass is 10.0. The fourth-order valence-electron chi connectivity index (χ4n) is 2.69. The van der Waals surface area contributed by atoms with Crippen LogP contribution in [0.4, 0.5) is 0 Å². The van der Waals surface area contributed by atoms with Crippen molar-refractivity contribution in [2.45, 2.75) is 35.6 Å². The smallest absolute Gasteiger partial charge is 0.173 e. The van der Waals surface area contributed by atoms with Gasteiger partial charge in [0.25, 0.3) is 0 Å². The van der Waals surface area contributed by atoms with Gasteiger partial charge in [0.2, 0.25) is 0 Å². The Bertz CT molecular complexity index is 695. The molecule has 2 aromatic rings. The molecule has 2 aromatic carbocycles. The van der Waals surface area contributed by atoms with Gasteiger partial charge in [0, 0.05) is 0 Å². The van der Waals surface area contributed by atoms with Crippen LogP contribution in [0.2, 0.25) is 0 Å². The van der Waals surface area contributed by atoms with E-state index in [1.54, 1.807) is 18.2 Å². The van der Waals surface area contributed by atoms with Gasteiger partial charge in [-0.05, 0) is 17.7 Å². The van der Waals surface area contributed by atoms with Crippen molar-refractivity contribution < 1.29 is 29.9 Å². The van der Waals surface area contributed by atoms with Crippen LogP contribution in [-0.4, -0.2) is 56.0 Å². The van der Waals surface area contributed by atoms with E-state index < -0.39 is 29.0 Å². The van der Waals surface area contributed by atoms with Gasteiger partial charge in [-0.15, -0.1) is 11.8 Å². The average Bonchev–Trinajstić information content (AvgIpc) is 2.68. The molecule has 7 heteroatoms. The molecule has 1 aliphatic rings. The normalized spacial score (nSPS) is 28.5. The number of ether oxygens (including phenoxy) is 2. The number of hydrogen-bond acceptors (Lipinski definition) is 7. The van der Waals surface area contributed by atoms with E-state index in [1.165, 1.54) is 0 Å². The Kier molecular flexibility index (Phi) is 6.39. The first-order valence-corrected chi connectivity index (χ1v) is 9.27. The highest BCUT2D eigenvalue weighted by Crippen LogP contribution is 2.37. The maximum atomic E-state index is 10.2.